The molecule has 27 heavy (non-hydrogen) atoms. The largest absolute Gasteiger partial charge is 0.374 e. The molecule has 1 N–H and O–H groups in total. The van der Waals surface area contributed by atoms with Crippen LogP contribution in [0.15, 0.2) is 36.4 Å². The van der Waals surface area contributed by atoms with Gasteiger partial charge in [-0.2, -0.15) is 0 Å². The maximum absolute atomic E-state index is 12.4. The minimum absolute atomic E-state index is 0.0105. The lowest BCUT2D eigenvalue weighted by molar-refractivity contribution is -0.132. The van der Waals surface area contributed by atoms with Gasteiger partial charge in [0.2, 0.25) is 11.8 Å². The number of rotatable bonds is 5. The fourth-order valence-corrected chi connectivity index (χ4v) is 3.55. The summed E-state index contributed by atoms with van der Waals surface area (Å²) in [6, 6.07) is 9.78. The van der Waals surface area contributed by atoms with Crippen molar-refractivity contribution in [2.45, 2.75) is 18.9 Å². The standard InChI is InChI=1S/C21H29N3O3/c1-23-13-14-27-19(16-23)15-22-21(26)18-9-11-24(12-10-18)20(25)8-7-17-5-3-2-4-6-17/h2-8,18-19H,9-16H2,1H3,(H,22,26). The van der Waals surface area contributed by atoms with Gasteiger partial charge in [0, 0.05) is 44.7 Å². The van der Waals surface area contributed by atoms with Crippen LogP contribution < -0.4 is 5.32 Å². The summed E-state index contributed by atoms with van der Waals surface area (Å²) < 4.78 is 5.68. The van der Waals surface area contributed by atoms with E-state index in [1.54, 1.807) is 6.08 Å². The van der Waals surface area contributed by atoms with Gasteiger partial charge in [0.15, 0.2) is 0 Å². The third-order valence-corrected chi connectivity index (χ3v) is 5.24. The van der Waals surface area contributed by atoms with E-state index in [0.717, 1.165) is 18.7 Å². The first-order valence-electron chi connectivity index (χ1n) is 9.71. The average molecular weight is 371 g/mol. The molecule has 2 aliphatic rings. The van der Waals surface area contributed by atoms with E-state index in [1.807, 2.05) is 41.3 Å². The summed E-state index contributed by atoms with van der Waals surface area (Å²) in [6.45, 7) is 4.31. The van der Waals surface area contributed by atoms with E-state index in [-0.39, 0.29) is 23.8 Å². The van der Waals surface area contributed by atoms with Gasteiger partial charge in [-0.3, -0.25) is 9.59 Å². The van der Waals surface area contributed by atoms with E-state index >= 15 is 0 Å². The highest BCUT2D eigenvalue weighted by Gasteiger charge is 2.27. The predicted molar refractivity (Wildman–Crippen MR) is 105 cm³/mol. The summed E-state index contributed by atoms with van der Waals surface area (Å²) in [5.74, 6) is 0.0728. The molecule has 1 atom stereocenters. The molecule has 2 amide bonds. The number of carbonyl (C=O) groups is 2. The second-order valence-electron chi connectivity index (χ2n) is 7.34. The number of likely N-dealkylation sites (tertiary alicyclic amines) is 1. The highest BCUT2D eigenvalue weighted by molar-refractivity contribution is 5.92. The number of piperidine rings is 1. The summed E-state index contributed by atoms with van der Waals surface area (Å²) in [5, 5.41) is 3.03. The fraction of sp³-hybridized carbons (Fsp3) is 0.524. The first-order chi connectivity index (χ1) is 13.1. The smallest absolute Gasteiger partial charge is 0.246 e. The summed E-state index contributed by atoms with van der Waals surface area (Å²) in [7, 11) is 2.07. The van der Waals surface area contributed by atoms with Crippen molar-refractivity contribution in [2.75, 3.05) is 46.4 Å². The van der Waals surface area contributed by atoms with Crippen LogP contribution in [0.2, 0.25) is 0 Å². The average Bonchev–Trinajstić information content (AvgIpc) is 2.71. The predicted octanol–water partition coefficient (Wildman–Crippen LogP) is 1.39. The van der Waals surface area contributed by atoms with Gasteiger partial charge in [-0.05, 0) is 31.5 Å². The molecule has 6 nitrogen and oxygen atoms in total. The molecule has 2 saturated heterocycles. The SMILES string of the molecule is CN1CCOC(CNC(=O)C2CCN(C(=O)C=Cc3ccccc3)CC2)C1. The molecule has 146 valence electrons. The number of carbonyl (C=O) groups excluding carboxylic acids is 2. The zero-order valence-corrected chi connectivity index (χ0v) is 16.0. The first kappa shape index (κ1) is 19.6. The van der Waals surface area contributed by atoms with Gasteiger partial charge in [0.1, 0.15) is 0 Å². The van der Waals surface area contributed by atoms with Crippen LogP contribution in [0.1, 0.15) is 18.4 Å². The Morgan fingerprint density at radius 1 is 1.19 bits per heavy atom. The van der Waals surface area contributed by atoms with Crippen molar-refractivity contribution in [3.63, 3.8) is 0 Å². The van der Waals surface area contributed by atoms with Crippen LogP contribution in [0.5, 0.6) is 0 Å². The highest BCUT2D eigenvalue weighted by Crippen LogP contribution is 2.18. The zero-order chi connectivity index (χ0) is 19.1. The molecule has 0 bridgehead atoms. The second kappa shape index (κ2) is 9.67. The molecule has 0 aliphatic carbocycles. The van der Waals surface area contributed by atoms with Gasteiger partial charge >= 0.3 is 0 Å². The number of nitrogens with one attached hydrogen (secondary N) is 1. The molecule has 6 heteroatoms. The molecule has 0 radical (unpaired) electrons. The molecule has 0 aromatic heterocycles. The van der Waals surface area contributed by atoms with Crippen LogP contribution in [-0.2, 0) is 14.3 Å². The van der Waals surface area contributed by atoms with E-state index in [2.05, 4.69) is 17.3 Å². The van der Waals surface area contributed by atoms with Crippen LogP contribution in [-0.4, -0.2) is 74.1 Å². The Bertz CT molecular complexity index is 654. The molecule has 1 aromatic rings. The topological polar surface area (TPSA) is 61.9 Å². The number of amides is 2. The van der Waals surface area contributed by atoms with Gasteiger partial charge in [0.05, 0.1) is 12.7 Å². The normalized spacial score (nSPS) is 22.1. The molecule has 1 unspecified atom stereocenters. The summed E-state index contributed by atoms with van der Waals surface area (Å²) in [5.41, 5.74) is 1.01. The molecule has 0 spiro atoms. The number of hydrogen-bond acceptors (Lipinski definition) is 4. The van der Waals surface area contributed by atoms with Crippen LogP contribution in [0.3, 0.4) is 0 Å². The quantitative estimate of drug-likeness (QED) is 0.795. The molecule has 1 aromatic carbocycles. The zero-order valence-electron chi connectivity index (χ0n) is 16.0. The Morgan fingerprint density at radius 3 is 2.63 bits per heavy atom. The Labute approximate surface area is 161 Å². The van der Waals surface area contributed by atoms with Gasteiger partial charge in [0.25, 0.3) is 0 Å². The number of ether oxygens (including phenoxy) is 1. The minimum Gasteiger partial charge on any atom is -0.374 e. The number of hydrogen-bond donors (Lipinski definition) is 1. The molecule has 2 heterocycles. The van der Waals surface area contributed by atoms with E-state index in [1.165, 1.54) is 0 Å². The third-order valence-electron chi connectivity index (χ3n) is 5.24. The number of nitrogens with zero attached hydrogens (tertiary/aromatic N) is 2. The van der Waals surface area contributed by atoms with Crippen molar-refractivity contribution in [3.05, 3.63) is 42.0 Å². The van der Waals surface area contributed by atoms with E-state index < -0.39 is 0 Å². The maximum Gasteiger partial charge on any atom is 0.246 e. The maximum atomic E-state index is 12.4. The summed E-state index contributed by atoms with van der Waals surface area (Å²) >= 11 is 0. The van der Waals surface area contributed by atoms with E-state index in [9.17, 15) is 9.59 Å². The van der Waals surface area contributed by atoms with Crippen LogP contribution in [0.4, 0.5) is 0 Å². The van der Waals surface area contributed by atoms with Crippen molar-refractivity contribution < 1.29 is 14.3 Å². The summed E-state index contributed by atoms with van der Waals surface area (Å²) in [6.07, 6.45) is 4.94. The Morgan fingerprint density at radius 2 is 1.93 bits per heavy atom. The van der Waals surface area contributed by atoms with Crippen molar-refractivity contribution in [1.82, 2.24) is 15.1 Å². The van der Waals surface area contributed by atoms with Crippen LogP contribution in [0.25, 0.3) is 6.08 Å². The van der Waals surface area contributed by atoms with Gasteiger partial charge in [-0.15, -0.1) is 0 Å². The van der Waals surface area contributed by atoms with Crippen LogP contribution in [0, 0.1) is 5.92 Å². The van der Waals surface area contributed by atoms with Crippen molar-refractivity contribution in [1.29, 1.82) is 0 Å². The molecule has 2 fully saturated rings. The molecular weight excluding hydrogens is 342 g/mol. The lowest BCUT2D eigenvalue weighted by Crippen LogP contribution is -2.48. The Balaban J connectivity index is 1.39. The van der Waals surface area contributed by atoms with Crippen molar-refractivity contribution in [3.8, 4) is 0 Å². The number of likely N-dealkylation sites (N-methyl/N-ethyl adjacent to an activating group) is 1. The lowest BCUT2D eigenvalue weighted by atomic mass is 9.95. The Kier molecular flexibility index (Phi) is 7.01. The van der Waals surface area contributed by atoms with Gasteiger partial charge in [-0.25, -0.2) is 0 Å². The number of morpholine rings is 1. The van der Waals surface area contributed by atoms with Gasteiger partial charge < -0.3 is 19.9 Å². The monoisotopic (exact) mass is 371 g/mol. The second-order valence-corrected chi connectivity index (χ2v) is 7.34. The Hall–Kier alpha value is -2.18. The van der Waals surface area contributed by atoms with Crippen molar-refractivity contribution >= 4 is 17.9 Å². The molecule has 3 rings (SSSR count). The van der Waals surface area contributed by atoms with Gasteiger partial charge in [-0.1, -0.05) is 30.3 Å². The highest BCUT2D eigenvalue weighted by atomic mass is 16.5. The summed E-state index contributed by atoms with van der Waals surface area (Å²) in [4.78, 5) is 28.8. The van der Waals surface area contributed by atoms with Crippen LogP contribution >= 0.6 is 0 Å². The first-order valence-corrected chi connectivity index (χ1v) is 9.71. The van der Waals surface area contributed by atoms with Crippen molar-refractivity contribution in [2.24, 2.45) is 5.92 Å². The fourth-order valence-electron chi connectivity index (χ4n) is 3.55. The van der Waals surface area contributed by atoms with E-state index in [4.69, 9.17) is 4.74 Å². The molecule has 0 saturated carbocycles. The molecular formula is C21H29N3O3. The molecule has 2 aliphatic heterocycles. The minimum atomic E-state index is -0.0199. The lowest BCUT2D eigenvalue weighted by Gasteiger charge is -2.32. The third kappa shape index (κ3) is 5.91. The number of benzene rings is 1. The van der Waals surface area contributed by atoms with E-state index in [0.29, 0.717) is 39.1 Å².